The fourth-order valence-electron chi connectivity index (χ4n) is 2.67. The molecule has 0 spiro atoms. The second-order valence-electron chi connectivity index (χ2n) is 6.19. The van der Waals surface area contributed by atoms with E-state index in [-0.39, 0.29) is 17.1 Å². The number of nitro groups is 1. The molecule has 0 unspecified atom stereocenters. The zero-order chi connectivity index (χ0) is 21.2. The number of benzene rings is 3. The average molecular weight is 413 g/mol. The van der Waals surface area contributed by atoms with Crippen LogP contribution in [0, 0.1) is 15.5 Å². The van der Waals surface area contributed by atoms with Crippen LogP contribution in [0.4, 0.5) is 5.69 Å². The Balaban J connectivity index is 1.76. The van der Waals surface area contributed by atoms with Gasteiger partial charge < -0.3 is 9.92 Å². The second-order valence-corrected chi connectivity index (χ2v) is 7.76. The molecule has 0 fully saturated rings. The molecule has 148 valence electrons. The summed E-state index contributed by atoms with van der Waals surface area (Å²) in [4.78, 5) is 22.0. The van der Waals surface area contributed by atoms with E-state index in [1.807, 2.05) is 0 Å². The molecule has 0 aromatic heterocycles. The van der Waals surface area contributed by atoms with E-state index in [9.17, 15) is 23.3 Å². The van der Waals surface area contributed by atoms with Gasteiger partial charge in [-0.1, -0.05) is 30.3 Å². The lowest BCUT2D eigenvalue weighted by Crippen LogP contribution is -2.15. The molecule has 0 radical (unpaired) electrons. The van der Waals surface area contributed by atoms with Crippen LogP contribution < -0.4 is 5.73 Å². The number of nitrogens with two attached hydrogens (primary N) is 1. The van der Waals surface area contributed by atoms with Crippen molar-refractivity contribution in [3.63, 3.8) is 0 Å². The summed E-state index contributed by atoms with van der Waals surface area (Å²) in [5.41, 5.74) is 6.07. The van der Waals surface area contributed by atoms with Crippen LogP contribution in [0.3, 0.4) is 0 Å². The number of nitro benzene ring substituents is 1. The minimum atomic E-state index is -4.24. The van der Waals surface area contributed by atoms with Crippen molar-refractivity contribution in [1.29, 1.82) is 5.41 Å². The Kier molecular flexibility index (Phi) is 5.29. The van der Waals surface area contributed by atoms with Crippen molar-refractivity contribution in [2.75, 3.05) is 0 Å². The molecule has 0 aliphatic carbocycles. The Bertz CT molecular complexity index is 1240. The van der Waals surface area contributed by atoms with Gasteiger partial charge in [0.05, 0.1) is 10.5 Å². The van der Waals surface area contributed by atoms with Crippen LogP contribution in [0.15, 0.2) is 60.7 Å². The number of non-ortho nitro benzene ring substituents is 1. The van der Waals surface area contributed by atoms with Gasteiger partial charge in [-0.15, -0.1) is 0 Å². The molecule has 0 bridgehead atoms. The highest BCUT2D eigenvalue weighted by molar-refractivity contribution is 7.86. The van der Waals surface area contributed by atoms with E-state index in [4.69, 9.17) is 11.1 Å². The molecule has 3 aromatic rings. The molecular weight excluding hydrogens is 398 g/mol. The zero-order valence-electron chi connectivity index (χ0n) is 14.9. The van der Waals surface area contributed by atoms with Crippen molar-refractivity contribution in [2.45, 2.75) is 5.75 Å². The first-order valence-corrected chi connectivity index (χ1v) is 9.80. The Morgan fingerprint density at radius 3 is 2.21 bits per heavy atom. The Labute approximate surface area is 165 Å². The first-order chi connectivity index (χ1) is 13.6. The molecule has 10 heteroatoms. The topological polar surface area (TPSA) is 153 Å². The summed E-state index contributed by atoms with van der Waals surface area (Å²) in [6.45, 7) is 0. The lowest BCUT2D eigenvalue weighted by atomic mass is 10.0. The molecular formula is C19H15N3O6S. The Morgan fingerprint density at radius 2 is 1.59 bits per heavy atom. The third-order valence-corrected chi connectivity index (χ3v) is 5.17. The van der Waals surface area contributed by atoms with Crippen LogP contribution in [0.25, 0.3) is 10.8 Å². The highest BCUT2D eigenvalue weighted by atomic mass is 32.2. The lowest BCUT2D eigenvalue weighted by Gasteiger charge is -2.08. The average Bonchev–Trinajstić information content (AvgIpc) is 2.66. The molecule has 0 heterocycles. The predicted molar refractivity (Wildman–Crippen MR) is 106 cm³/mol. The van der Waals surface area contributed by atoms with Crippen molar-refractivity contribution in [1.82, 2.24) is 0 Å². The van der Waals surface area contributed by atoms with Crippen molar-refractivity contribution < 1.29 is 22.3 Å². The Hall–Kier alpha value is -3.79. The maximum Gasteiger partial charge on any atom is 0.353 e. The number of fused-ring (bicyclic) bond motifs is 1. The highest BCUT2D eigenvalue weighted by Crippen LogP contribution is 2.20. The van der Waals surface area contributed by atoms with E-state index in [0.29, 0.717) is 11.1 Å². The second kappa shape index (κ2) is 7.68. The number of nitrogen functional groups attached to an aromatic ring is 1. The SMILES string of the molecule is N=C(N)c1ccc2cc(CS(=O)(=O)OC(=O)c3ccc([N+](=O)[O-])cc3)ccc2c1. The minimum absolute atomic E-state index is 0.0725. The largest absolute Gasteiger partial charge is 0.384 e. The zero-order valence-corrected chi connectivity index (χ0v) is 15.7. The van der Waals surface area contributed by atoms with Crippen molar-refractivity contribution in [2.24, 2.45) is 5.73 Å². The summed E-state index contributed by atoms with van der Waals surface area (Å²) in [6, 6.07) is 14.4. The molecule has 9 nitrogen and oxygen atoms in total. The molecule has 3 N–H and O–H groups in total. The standard InChI is InChI=1S/C19H15N3O6S/c20-18(21)16-4-3-14-9-12(1-2-15(14)10-16)11-29(26,27)28-19(23)13-5-7-17(8-6-13)22(24)25/h1-10H,11H2,(H3,20,21). The van der Waals surface area contributed by atoms with E-state index < -0.39 is 26.8 Å². The number of carbonyl (C=O) groups excluding carboxylic acids is 1. The Morgan fingerprint density at radius 1 is 1.00 bits per heavy atom. The van der Waals surface area contributed by atoms with Gasteiger partial charge in [-0.3, -0.25) is 15.5 Å². The van der Waals surface area contributed by atoms with Gasteiger partial charge in [0, 0.05) is 17.7 Å². The van der Waals surface area contributed by atoms with Gasteiger partial charge in [0.1, 0.15) is 11.6 Å². The van der Waals surface area contributed by atoms with E-state index in [1.165, 1.54) is 0 Å². The number of nitrogens with zero attached hydrogens (tertiary/aromatic N) is 1. The summed E-state index contributed by atoms with van der Waals surface area (Å²) >= 11 is 0. The van der Waals surface area contributed by atoms with E-state index in [2.05, 4.69) is 4.18 Å². The van der Waals surface area contributed by atoms with Gasteiger partial charge in [-0.05, 0) is 34.5 Å². The maximum absolute atomic E-state index is 12.2. The van der Waals surface area contributed by atoms with Gasteiger partial charge >= 0.3 is 16.1 Å². The van der Waals surface area contributed by atoms with E-state index in [1.54, 1.807) is 36.4 Å². The van der Waals surface area contributed by atoms with Gasteiger partial charge in [-0.2, -0.15) is 8.42 Å². The fraction of sp³-hybridized carbons (Fsp3) is 0.0526. The normalized spacial score (nSPS) is 11.2. The number of hydrogen-bond donors (Lipinski definition) is 2. The summed E-state index contributed by atoms with van der Waals surface area (Å²) in [7, 11) is -4.24. The highest BCUT2D eigenvalue weighted by Gasteiger charge is 2.20. The van der Waals surface area contributed by atoms with Crippen molar-refractivity contribution in [3.05, 3.63) is 87.5 Å². The van der Waals surface area contributed by atoms with Crippen LogP contribution in [-0.2, 0) is 20.1 Å². The molecule has 3 rings (SSSR count). The summed E-state index contributed by atoms with van der Waals surface area (Å²) in [6.07, 6.45) is 0. The number of hydrogen-bond acceptors (Lipinski definition) is 7. The summed E-state index contributed by atoms with van der Waals surface area (Å²) in [5, 5.41) is 19.6. The third-order valence-electron chi connectivity index (χ3n) is 4.08. The van der Waals surface area contributed by atoms with Crippen LogP contribution in [0.5, 0.6) is 0 Å². The molecule has 0 amide bonds. The first-order valence-electron chi connectivity index (χ1n) is 8.23. The third kappa shape index (κ3) is 4.74. The number of nitrogens with one attached hydrogen (secondary N) is 1. The van der Waals surface area contributed by atoms with E-state index in [0.717, 1.165) is 35.0 Å². The van der Waals surface area contributed by atoms with Crippen LogP contribution in [0.1, 0.15) is 21.5 Å². The minimum Gasteiger partial charge on any atom is -0.384 e. The smallest absolute Gasteiger partial charge is 0.353 e. The fourth-order valence-corrected chi connectivity index (χ4v) is 3.64. The van der Waals surface area contributed by atoms with Gasteiger partial charge in [0.25, 0.3) is 5.69 Å². The quantitative estimate of drug-likeness (QED) is 0.207. The maximum atomic E-state index is 12.2. The molecule has 29 heavy (non-hydrogen) atoms. The molecule has 0 saturated carbocycles. The van der Waals surface area contributed by atoms with Gasteiger partial charge in [-0.25, -0.2) is 4.79 Å². The van der Waals surface area contributed by atoms with Gasteiger partial charge in [0.2, 0.25) is 0 Å². The van der Waals surface area contributed by atoms with E-state index >= 15 is 0 Å². The van der Waals surface area contributed by atoms with Crippen LogP contribution in [-0.4, -0.2) is 25.1 Å². The summed E-state index contributed by atoms with van der Waals surface area (Å²) < 4.78 is 29.1. The molecule has 0 saturated heterocycles. The monoisotopic (exact) mass is 413 g/mol. The molecule has 0 aliphatic heterocycles. The number of carbonyl (C=O) groups is 1. The van der Waals surface area contributed by atoms with Gasteiger partial charge in [0.15, 0.2) is 0 Å². The summed E-state index contributed by atoms with van der Waals surface area (Å²) in [5.74, 6) is -1.72. The van der Waals surface area contributed by atoms with Crippen molar-refractivity contribution >= 4 is 38.4 Å². The lowest BCUT2D eigenvalue weighted by molar-refractivity contribution is -0.384. The molecule has 3 aromatic carbocycles. The first kappa shape index (κ1) is 20.0. The molecule has 0 aliphatic rings. The number of amidine groups is 1. The predicted octanol–water partition coefficient (Wildman–Crippen LogP) is 2.72. The van der Waals surface area contributed by atoms with Crippen molar-refractivity contribution in [3.8, 4) is 0 Å². The number of rotatable bonds is 6. The van der Waals surface area contributed by atoms with Crippen LogP contribution in [0.2, 0.25) is 0 Å². The van der Waals surface area contributed by atoms with Crippen LogP contribution >= 0.6 is 0 Å². The molecule has 0 atom stereocenters.